The number of hydrogen-bond acceptors (Lipinski definition) is 4. The summed E-state index contributed by atoms with van der Waals surface area (Å²) in [7, 11) is -3.61. The van der Waals surface area contributed by atoms with E-state index in [0.29, 0.717) is 24.5 Å². The fraction of sp³-hybridized carbons (Fsp3) is 0.632. The van der Waals surface area contributed by atoms with Gasteiger partial charge in [0.1, 0.15) is 5.75 Å². The molecule has 148 valence electrons. The van der Waals surface area contributed by atoms with Gasteiger partial charge in [-0.1, -0.05) is 34.1 Å². The zero-order valence-corrected chi connectivity index (χ0v) is 17.5. The molecule has 0 aliphatic heterocycles. The number of benzene rings is 1. The maximum Gasteiger partial charge on any atom is 0.243 e. The third kappa shape index (κ3) is 5.71. The molecule has 7 heteroatoms. The minimum atomic E-state index is -3.61. The molecule has 1 N–H and O–H groups in total. The van der Waals surface area contributed by atoms with E-state index in [9.17, 15) is 13.2 Å². The summed E-state index contributed by atoms with van der Waals surface area (Å²) in [6, 6.07) is 4.62. The molecular weight excluding hydrogens is 352 g/mol. The molecule has 0 bridgehead atoms. The van der Waals surface area contributed by atoms with Crippen LogP contribution in [-0.4, -0.2) is 37.8 Å². The minimum Gasteiger partial charge on any atom is -0.489 e. The molecule has 1 rings (SSSR count). The van der Waals surface area contributed by atoms with Crippen molar-refractivity contribution in [3.8, 4) is 5.75 Å². The number of nitrogens with one attached hydrogen (secondary N) is 1. The Hall–Kier alpha value is -1.60. The zero-order chi connectivity index (χ0) is 19.9. The summed E-state index contributed by atoms with van der Waals surface area (Å²) in [5.74, 6) is 0.170. The lowest BCUT2D eigenvalue weighted by molar-refractivity contribution is -0.119. The van der Waals surface area contributed by atoms with Gasteiger partial charge in [0.15, 0.2) is 0 Å². The van der Waals surface area contributed by atoms with Crippen LogP contribution in [0.25, 0.3) is 0 Å². The number of anilines is 1. The first-order valence-electron chi connectivity index (χ1n) is 9.28. The molecule has 0 radical (unpaired) electrons. The van der Waals surface area contributed by atoms with Crippen LogP contribution in [0.2, 0.25) is 0 Å². The van der Waals surface area contributed by atoms with Gasteiger partial charge in [0.25, 0.3) is 0 Å². The Kier molecular flexibility index (Phi) is 8.56. The summed E-state index contributed by atoms with van der Waals surface area (Å²) in [5.41, 5.74) is 0.389. The lowest BCUT2D eigenvalue weighted by Crippen LogP contribution is -2.30. The number of carbonyl (C=O) groups excluding carboxylic acids is 1. The third-order valence-electron chi connectivity index (χ3n) is 4.08. The zero-order valence-electron chi connectivity index (χ0n) is 16.7. The van der Waals surface area contributed by atoms with Crippen molar-refractivity contribution in [2.24, 2.45) is 5.92 Å². The van der Waals surface area contributed by atoms with Crippen molar-refractivity contribution in [2.45, 2.75) is 65.4 Å². The van der Waals surface area contributed by atoms with Crippen LogP contribution in [0, 0.1) is 5.92 Å². The standard InChI is InChI=1S/C19H32N2O4S/c1-7-10-15(6)19(22)20-17-13-16(11-12-18(17)25-14(4)5)26(23,24)21(8-2)9-3/h11-15H,7-10H2,1-6H3,(H,20,22). The van der Waals surface area contributed by atoms with Crippen LogP contribution in [0.1, 0.15) is 54.4 Å². The minimum absolute atomic E-state index is 0.0936. The summed E-state index contributed by atoms with van der Waals surface area (Å²) in [6.07, 6.45) is 1.58. The Labute approximate surface area is 158 Å². The van der Waals surface area contributed by atoms with Crippen molar-refractivity contribution in [1.82, 2.24) is 4.31 Å². The van der Waals surface area contributed by atoms with Crippen LogP contribution in [0.15, 0.2) is 23.1 Å². The molecule has 1 unspecified atom stereocenters. The first-order valence-corrected chi connectivity index (χ1v) is 10.7. The van der Waals surface area contributed by atoms with Gasteiger partial charge >= 0.3 is 0 Å². The second kappa shape index (κ2) is 9.92. The Morgan fingerprint density at radius 3 is 2.27 bits per heavy atom. The second-order valence-corrected chi connectivity index (χ2v) is 8.53. The van der Waals surface area contributed by atoms with Gasteiger partial charge in [-0.05, 0) is 38.5 Å². The number of nitrogens with zero attached hydrogens (tertiary/aromatic N) is 1. The van der Waals surface area contributed by atoms with E-state index in [-0.39, 0.29) is 22.8 Å². The van der Waals surface area contributed by atoms with Crippen LogP contribution in [0.4, 0.5) is 5.69 Å². The van der Waals surface area contributed by atoms with Gasteiger partial charge in [0, 0.05) is 19.0 Å². The van der Waals surface area contributed by atoms with Gasteiger partial charge in [-0.3, -0.25) is 4.79 Å². The molecule has 0 aliphatic carbocycles. The van der Waals surface area contributed by atoms with Crippen molar-refractivity contribution in [3.05, 3.63) is 18.2 Å². The maximum absolute atomic E-state index is 12.8. The molecule has 0 aromatic heterocycles. The first kappa shape index (κ1) is 22.4. The molecule has 1 atom stereocenters. The summed E-state index contributed by atoms with van der Waals surface area (Å²) < 4.78 is 32.7. The van der Waals surface area contributed by atoms with Gasteiger partial charge in [-0.2, -0.15) is 4.31 Å². The topological polar surface area (TPSA) is 75.7 Å². The van der Waals surface area contributed by atoms with Crippen molar-refractivity contribution < 1.29 is 17.9 Å². The monoisotopic (exact) mass is 384 g/mol. The van der Waals surface area contributed by atoms with E-state index in [0.717, 1.165) is 12.8 Å². The molecule has 26 heavy (non-hydrogen) atoms. The number of ether oxygens (including phenoxy) is 1. The van der Waals surface area contributed by atoms with E-state index in [4.69, 9.17) is 4.74 Å². The lowest BCUT2D eigenvalue weighted by atomic mass is 10.1. The average Bonchev–Trinajstić information content (AvgIpc) is 2.56. The van der Waals surface area contributed by atoms with E-state index >= 15 is 0 Å². The summed E-state index contributed by atoms with van der Waals surface area (Å²) in [6.45, 7) is 12.0. The summed E-state index contributed by atoms with van der Waals surface area (Å²) >= 11 is 0. The van der Waals surface area contributed by atoms with Crippen LogP contribution in [0.5, 0.6) is 5.75 Å². The SMILES string of the molecule is CCCC(C)C(=O)Nc1cc(S(=O)(=O)N(CC)CC)ccc1OC(C)C. The Morgan fingerprint density at radius 2 is 1.77 bits per heavy atom. The fourth-order valence-electron chi connectivity index (χ4n) is 2.66. The Bertz CT molecular complexity index is 697. The number of hydrogen-bond donors (Lipinski definition) is 1. The van der Waals surface area contributed by atoms with Gasteiger partial charge in [0.2, 0.25) is 15.9 Å². The molecule has 0 spiro atoms. The molecule has 1 aromatic rings. The van der Waals surface area contributed by atoms with Crippen molar-refractivity contribution >= 4 is 21.6 Å². The number of amides is 1. The second-order valence-electron chi connectivity index (χ2n) is 6.59. The predicted octanol–water partition coefficient (Wildman–Crippen LogP) is 3.88. The first-order chi connectivity index (χ1) is 12.2. The van der Waals surface area contributed by atoms with E-state index in [1.54, 1.807) is 19.9 Å². The normalized spacial score (nSPS) is 13.1. The average molecular weight is 385 g/mol. The highest BCUT2D eigenvalue weighted by atomic mass is 32.2. The quantitative estimate of drug-likeness (QED) is 0.664. The van der Waals surface area contributed by atoms with E-state index in [2.05, 4.69) is 5.32 Å². The number of rotatable bonds is 10. The van der Waals surface area contributed by atoms with Crippen LogP contribution in [0.3, 0.4) is 0 Å². The van der Waals surface area contributed by atoms with Crippen molar-refractivity contribution in [3.63, 3.8) is 0 Å². The molecule has 0 aliphatic rings. The molecule has 0 heterocycles. The van der Waals surface area contributed by atoms with E-state index in [1.165, 1.54) is 16.4 Å². The van der Waals surface area contributed by atoms with Crippen molar-refractivity contribution in [2.75, 3.05) is 18.4 Å². The molecule has 6 nitrogen and oxygen atoms in total. The highest BCUT2D eigenvalue weighted by Gasteiger charge is 2.24. The lowest BCUT2D eigenvalue weighted by Gasteiger charge is -2.21. The highest BCUT2D eigenvalue weighted by Crippen LogP contribution is 2.30. The number of sulfonamides is 1. The fourth-order valence-corrected chi connectivity index (χ4v) is 4.14. The molecule has 0 fully saturated rings. The number of carbonyl (C=O) groups is 1. The molecular formula is C19H32N2O4S. The van der Waals surface area contributed by atoms with Gasteiger partial charge in [0.05, 0.1) is 16.7 Å². The predicted molar refractivity (Wildman–Crippen MR) is 105 cm³/mol. The maximum atomic E-state index is 12.8. The van der Waals surface area contributed by atoms with Gasteiger partial charge in [-0.15, -0.1) is 0 Å². The Balaban J connectivity index is 3.29. The van der Waals surface area contributed by atoms with Crippen molar-refractivity contribution in [1.29, 1.82) is 0 Å². The molecule has 0 saturated heterocycles. The molecule has 1 amide bonds. The largest absolute Gasteiger partial charge is 0.489 e. The Morgan fingerprint density at radius 1 is 1.15 bits per heavy atom. The summed E-state index contributed by atoms with van der Waals surface area (Å²) in [5, 5.41) is 2.84. The van der Waals surface area contributed by atoms with Crippen LogP contribution >= 0.6 is 0 Å². The van der Waals surface area contributed by atoms with E-state index in [1.807, 2.05) is 27.7 Å². The third-order valence-corrected chi connectivity index (χ3v) is 6.13. The summed E-state index contributed by atoms with van der Waals surface area (Å²) in [4.78, 5) is 12.6. The smallest absolute Gasteiger partial charge is 0.243 e. The van der Waals surface area contributed by atoms with Crippen LogP contribution in [-0.2, 0) is 14.8 Å². The van der Waals surface area contributed by atoms with Gasteiger partial charge < -0.3 is 10.1 Å². The van der Waals surface area contributed by atoms with Crippen LogP contribution < -0.4 is 10.1 Å². The van der Waals surface area contributed by atoms with E-state index < -0.39 is 10.0 Å². The van der Waals surface area contributed by atoms with Gasteiger partial charge in [-0.25, -0.2) is 8.42 Å². The highest BCUT2D eigenvalue weighted by molar-refractivity contribution is 7.89. The molecule has 0 saturated carbocycles. The molecule has 1 aromatic carbocycles.